The molecule has 3 rings (SSSR count). The van der Waals surface area contributed by atoms with E-state index in [0.29, 0.717) is 22.6 Å². The molecule has 9 heteroatoms. The summed E-state index contributed by atoms with van der Waals surface area (Å²) in [5, 5.41) is 8.87. The number of rotatable bonds is 8. The van der Waals surface area contributed by atoms with Gasteiger partial charge in [-0.1, -0.05) is 30.3 Å². The predicted molar refractivity (Wildman–Crippen MR) is 117 cm³/mol. The third kappa shape index (κ3) is 8.24. The summed E-state index contributed by atoms with van der Waals surface area (Å²) in [4.78, 5) is 10.8. The van der Waals surface area contributed by atoms with E-state index >= 15 is 0 Å². The van der Waals surface area contributed by atoms with E-state index in [4.69, 9.17) is 14.6 Å². The monoisotopic (exact) mass is 470 g/mol. The second kappa shape index (κ2) is 11.9. The van der Waals surface area contributed by atoms with E-state index in [-0.39, 0.29) is 48.3 Å². The maximum absolute atomic E-state index is 14.0. The fourth-order valence-corrected chi connectivity index (χ4v) is 2.78. The van der Waals surface area contributed by atoms with Gasteiger partial charge in [-0.25, -0.2) is 4.39 Å². The first-order valence-corrected chi connectivity index (χ1v) is 9.45. The van der Waals surface area contributed by atoms with Gasteiger partial charge in [0.2, 0.25) is 0 Å². The summed E-state index contributed by atoms with van der Waals surface area (Å²) < 4.78 is 62.9. The molecule has 0 aliphatic rings. The van der Waals surface area contributed by atoms with Gasteiger partial charge >= 0.3 is 41.7 Å². The number of halogens is 4. The van der Waals surface area contributed by atoms with Gasteiger partial charge in [-0.05, 0) is 53.6 Å². The normalized spacial score (nSPS) is 11.2. The molecule has 0 fully saturated rings. The molecule has 4 nitrogen and oxygen atoms in total. The second-order valence-corrected chi connectivity index (χ2v) is 6.75. The summed E-state index contributed by atoms with van der Waals surface area (Å²) in [6, 6.07) is 15.0. The van der Waals surface area contributed by atoms with Crippen molar-refractivity contribution in [1.29, 1.82) is 0 Å². The van der Waals surface area contributed by atoms with Crippen LogP contribution in [0.4, 0.5) is 17.6 Å². The van der Waals surface area contributed by atoms with Crippen LogP contribution in [0, 0.1) is 5.82 Å². The average Bonchev–Trinajstić information content (AvgIpc) is 2.73. The molecule has 0 heterocycles. The van der Waals surface area contributed by atoms with Crippen LogP contribution in [-0.2, 0) is 17.4 Å². The molecule has 0 saturated heterocycles. The van der Waals surface area contributed by atoms with Crippen molar-refractivity contribution in [2.45, 2.75) is 12.6 Å². The van der Waals surface area contributed by atoms with Gasteiger partial charge in [0, 0.05) is 6.07 Å². The molecule has 33 heavy (non-hydrogen) atoms. The molecule has 0 aliphatic heterocycles. The number of carboxylic acid groups (broad SMARTS) is 1. The zero-order valence-corrected chi connectivity index (χ0v) is 16.6. The number of aliphatic carboxylic acids is 1. The third-order valence-corrected chi connectivity index (χ3v) is 4.28. The molecule has 0 saturated carbocycles. The van der Waals surface area contributed by atoms with Crippen molar-refractivity contribution in [1.82, 2.24) is 0 Å². The number of hydrogen-bond acceptors (Lipinski definition) is 3. The van der Waals surface area contributed by atoms with E-state index in [1.54, 1.807) is 30.4 Å². The molecule has 0 aliphatic carbocycles. The van der Waals surface area contributed by atoms with Crippen LogP contribution in [0.15, 0.2) is 72.8 Å². The van der Waals surface area contributed by atoms with Crippen LogP contribution in [-0.4, -0.2) is 47.2 Å². The molecule has 0 atom stereocenters. The van der Waals surface area contributed by atoms with E-state index in [2.05, 4.69) is 0 Å². The van der Waals surface area contributed by atoms with Crippen molar-refractivity contribution < 1.29 is 36.9 Å². The molecule has 3 aromatic rings. The molecule has 0 aromatic heterocycles. The van der Waals surface area contributed by atoms with E-state index < -0.39 is 23.5 Å². The van der Waals surface area contributed by atoms with Gasteiger partial charge < -0.3 is 14.6 Å². The summed E-state index contributed by atoms with van der Waals surface area (Å²) in [6.07, 6.45) is -1.36. The summed E-state index contributed by atoms with van der Waals surface area (Å²) >= 11 is 0. The Bertz CT molecular complexity index is 1110. The Morgan fingerprint density at radius 3 is 2.33 bits per heavy atom. The van der Waals surface area contributed by atoms with Gasteiger partial charge in [-0.3, -0.25) is 4.79 Å². The number of hydrogen-bond donors (Lipinski definition) is 1. The molecule has 168 valence electrons. The van der Waals surface area contributed by atoms with Gasteiger partial charge in [-0.2, -0.15) is 13.2 Å². The van der Waals surface area contributed by atoms with Crippen molar-refractivity contribution in [2.75, 3.05) is 6.61 Å². The van der Waals surface area contributed by atoms with E-state index in [9.17, 15) is 22.4 Å². The van der Waals surface area contributed by atoms with Crippen molar-refractivity contribution in [3.05, 3.63) is 95.3 Å². The Morgan fingerprint density at radius 1 is 0.970 bits per heavy atom. The maximum atomic E-state index is 14.0. The Morgan fingerprint density at radius 2 is 1.67 bits per heavy atom. The summed E-state index contributed by atoms with van der Waals surface area (Å²) in [5.74, 6) is -1.06. The van der Waals surface area contributed by atoms with E-state index in [0.717, 1.165) is 18.2 Å². The molecule has 0 radical (unpaired) electrons. The first-order valence-electron chi connectivity index (χ1n) is 9.45. The van der Waals surface area contributed by atoms with Gasteiger partial charge in [0.05, 0.1) is 12.0 Å². The molecule has 0 bridgehead atoms. The Hall–Kier alpha value is -2.81. The van der Waals surface area contributed by atoms with Crippen LogP contribution < -0.4 is 9.47 Å². The van der Waals surface area contributed by atoms with Gasteiger partial charge in [0.25, 0.3) is 0 Å². The van der Waals surface area contributed by atoms with Crippen molar-refractivity contribution >= 4 is 41.6 Å². The Kier molecular flexibility index (Phi) is 9.52. The van der Waals surface area contributed by atoms with Gasteiger partial charge in [0.15, 0.2) is 11.6 Å². The Labute approximate surface area is 209 Å². The fraction of sp³-hybridized carbons (Fsp3) is 0.125. The Balaban J connectivity index is 0.00000385. The average molecular weight is 470 g/mol. The SMILES string of the molecule is O=C(O)Cc1ccc(F)c(Oc2cccc(OCC=Cc3ccc(C(F)(F)F)cc3)c2)c1.[NaH]. The molecule has 0 unspecified atom stereocenters. The van der Waals surface area contributed by atoms with E-state index in [1.165, 1.54) is 30.3 Å². The molecule has 3 aromatic carbocycles. The van der Waals surface area contributed by atoms with Crippen LogP contribution in [0.5, 0.6) is 17.2 Å². The fourth-order valence-electron chi connectivity index (χ4n) is 2.78. The minimum atomic E-state index is -4.38. The van der Waals surface area contributed by atoms with Crippen LogP contribution in [0.1, 0.15) is 16.7 Å². The van der Waals surface area contributed by atoms with Crippen LogP contribution >= 0.6 is 0 Å². The zero-order chi connectivity index (χ0) is 23.1. The molecule has 0 spiro atoms. The van der Waals surface area contributed by atoms with Crippen LogP contribution in [0.25, 0.3) is 6.08 Å². The number of ether oxygens (including phenoxy) is 2. The summed E-state index contributed by atoms with van der Waals surface area (Å²) in [5.41, 5.74) is 0.276. The van der Waals surface area contributed by atoms with Crippen molar-refractivity contribution in [2.24, 2.45) is 0 Å². The minimum absolute atomic E-state index is 0. The van der Waals surface area contributed by atoms with Crippen molar-refractivity contribution in [3.63, 3.8) is 0 Å². The summed E-state index contributed by atoms with van der Waals surface area (Å²) in [6.45, 7) is 0.146. The molecular weight excluding hydrogens is 451 g/mol. The number of alkyl halides is 3. The topological polar surface area (TPSA) is 55.8 Å². The standard InChI is InChI=1S/C24H18F4O4.Na.H/c25-21-11-8-17(14-23(29)30)13-22(21)32-20-5-1-4-19(15-20)31-12-2-3-16-6-9-18(10-7-16)24(26,27)28;;/h1-11,13,15H,12,14H2,(H,29,30);;. The quantitative estimate of drug-likeness (QED) is 0.339. The van der Waals surface area contributed by atoms with Crippen molar-refractivity contribution in [3.8, 4) is 17.2 Å². The third-order valence-electron chi connectivity index (χ3n) is 4.28. The summed E-state index contributed by atoms with van der Waals surface area (Å²) in [7, 11) is 0. The number of benzene rings is 3. The first kappa shape index (κ1) is 26.4. The first-order chi connectivity index (χ1) is 15.2. The number of carboxylic acids is 1. The molecule has 0 amide bonds. The van der Waals surface area contributed by atoms with Gasteiger partial charge in [-0.15, -0.1) is 0 Å². The van der Waals surface area contributed by atoms with Crippen LogP contribution in [0.2, 0.25) is 0 Å². The van der Waals surface area contributed by atoms with Gasteiger partial charge in [0.1, 0.15) is 18.1 Å². The van der Waals surface area contributed by atoms with E-state index in [1.807, 2.05) is 0 Å². The second-order valence-electron chi connectivity index (χ2n) is 6.75. The molecule has 1 N–H and O–H groups in total. The van der Waals surface area contributed by atoms with Crippen LogP contribution in [0.3, 0.4) is 0 Å². The molecular formula is C24H19F4NaO4. The zero-order valence-electron chi connectivity index (χ0n) is 16.6. The predicted octanol–water partition coefficient (Wildman–Crippen LogP) is 5.71. The number of carbonyl (C=O) groups is 1.